The third-order valence-electron chi connectivity index (χ3n) is 5.04. The van der Waals surface area contributed by atoms with Crippen molar-refractivity contribution in [1.29, 1.82) is 0 Å². The zero-order valence-electron chi connectivity index (χ0n) is 17.9. The highest BCUT2D eigenvalue weighted by atomic mass is 32.2. The van der Waals surface area contributed by atoms with Crippen molar-refractivity contribution in [2.45, 2.75) is 69.5 Å². The molecule has 0 unspecified atom stereocenters. The highest BCUT2D eigenvalue weighted by Crippen LogP contribution is 2.53. The summed E-state index contributed by atoms with van der Waals surface area (Å²) >= 11 is 0. The molecule has 0 saturated carbocycles. The number of benzene rings is 1. The molecular formula is C18H34NO5PSSi. The smallest absolute Gasteiger partial charge is 0.350 e. The highest BCUT2D eigenvalue weighted by Gasteiger charge is 2.45. The second kappa shape index (κ2) is 9.44. The molecular weight excluding hydrogens is 401 g/mol. The van der Waals surface area contributed by atoms with E-state index >= 15 is 0 Å². The van der Waals surface area contributed by atoms with Gasteiger partial charge >= 0.3 is 7.60 Å². The average Bonchev–Trinajstić information content (AvgIpc) is 2.57. The van der Waals surface area contributed by atoms with Crippen molar-refractivity contribution in [3.8, 4) is 0 Å². The lowest BCUT2D eigenvalue weighted by atomic mass is 10.2. The van der Waals surface area contributed by atoms with Gasteiger partial charge in [-0.1, -0.05) is 38.5 Å². The van der Waals surface area contributed by atoms with E-state index in [0.29, 0.717) is 4.90 Å². The van der Waals surface area contributed by atoms with Crippen molar-refractivity contribution in [2.75, 3.05) is 14.2 Å². The summed E-state index contributed by atoms with van der Waals surface area (Å²) in [4.78, 5) is 0.587. The van der Waals surface area contributed by atoms with Crippen molar-refractivity contribution >= 4 is 26.9 Å². The maximum atomic E-state index is 13.1. The molecule has 9 heteroatoms. The number of hydrogen-bond donors (Lipinski definition) is 1. The van der Waals surface area contributed by atoms with E-state index in [1.54, 1.807) is 12.1 Å². The van der Waals surface area contributed by atoms with E-state index in [0.717, 1.165) is 5.56 Å². The number of hydrogen-bond acceptors (Lipinski definition) is 5. The molecule has 0 aliphatic rings. The van der Waals surface area contributed by atoms with Crippen molar-refractivity contribution in [3.63, 3.8) is 0 Å². The van der Waals surface area contributed by atoms with Crippen molar-refractivity contribution in [3.05, 3.63) is 29.8 Å². The summed E-state index contributed by atoms with van der Waals surface area (Å²) in [7, 11) is -4.66. The fourth-order valence-corrected chi connectivity index (χ4v) is 6.71. The Morgan fingerprint density at radius 1 is 1.11 bits per heavy atom. The molecule has 1 aromatic carbocycles. The fourth-order valence-electron chi connectivity index (χ4n) is 2.26. The zero-order valence-corrected chi connectivity index (χ0v) is 20.6. The van der Waals surface area contributed by atoms with Gasteiger partial charge in [-0.15, -0.1) is 0 Å². The molecule has 0 spiro atoms. The lowest BCUT2D eigenvalue weighted by Gasteiger charge is -2.41. The second-order valence-corrected chi connectivity index (χ2v) is 16.5. The maximum Gasteiger partial charge on any atom is 0.350 e. The second-order valence-electron chi connectivity index (χ2n) is 8.13. The Bertz CT molecular complexity index is 682. The highest BCUT2D eigenvalue weighted by molar-refractivity contribution is 7.83. The van der Waals surface area contributed by atoms with E-state index in [2.05, 4.69) is 38.6 Å². The first-order valence-electron chi connectivity index (χ1n) is 8.91. The Morgan fingerprint density at radius 2 is 1.59 bits per heavy atom. The number of aryl methyl sites for hydroxylation is 1. The lowest BCUT2D eigenvalue weighted by Crippen LogP contribution is -2.50. The van der Waals surface area contributed by atoms with Gasteiger partial charge in [0.25, 0.3) is 0 Å². The van der Waals surface area contributed by atoms with Crippen LogP contribution in [0.25, 0.3) is 0 Å². The summed E-state index contributed by atoms with van der Waals surface area (Å²) in [5.74, 6) is -0.872. The molecule has 1 rings (SSSR count). The van der Waals surface area contributed by atoms with Gasteiger partial charge in [-0.25, -0.2) is 8.93 Å². The molecule has 3 atom stereocenters. The van der Waals surface area contributed by atoms with E-state index in [1.807, 2.05) is 26.0 Å². The molecule has 0 aromatic heterocycles. The van der Waals surface area contributed by atoms with E-state index in [-0.39, 0.29) is 5.04 Å². The normalized spacial score (nSPS) is 16.8. The standard InChI is InChI=1S/C18H34NO5PSSi/c1-14-10-12-16(13-11-14)26(21)19-17(25(20,22-6)23-7)15(2)24-27(8,9)18(3,4)5/h10-13,15,17,19H,1-9H3/t15-,17+,26-/m0/s1. The molecule has 1 aromatic rings. The average molecular weight is 436 g/mol. The Morgan fingerprint density at radius 3 is 2.00 bits per heavy atom. The van der Waals surface area contributed by atoms with Crippen LogP contribution in [0.3, 0.4) is 0 Å². The van der Waals surface area contributed by atoms with E-state index in [1.165, 1.54) is 14.2 Å². The van der Waals surface area contributed by atoms with Gasteiger partial charge in [0.1, 0.15) is 16.8 Å². The molecule has 1 N–H and O–H groups in total. The van der Waals surface area contributed by atoms with Gasteiger partial charge in [0.05, 0.1) is 11.0 Å². The van der Waals surface area contributed by atoms with Crippen LogP contribution in [0, 0.1) is 6.92 Å². The minimum Gasteiger partial charge on any atom is -0.412 e. The van der Waals surface area contributed by atoms with E-state index in [9.17, 15) is 8.77 Å². The van der Waals surface area contributed by atoms with Crippen LogP contribution in [0.5, 0.6) is 0 Å². The summed E-state index contributed by atoms with van der Waals surface area (Å²) in [5, 5.41) is -0.0218. The van der Waals surface area contributed by atoms with Crippen molar-refractivity contribution in [1.82, 2.24) is 4.72 Å². The first-order valence-corrected chi connectivity index (χ1v) is 14.6. The maximum absolute atomic E-state index is 13.1. The summed E-state index contributed by atoms with van der Waals surface area (Å²) in [6, 6.07) is 7.32. The minimum absolute atomic E-state index is 0.0218. The number of rotatable bonds is 9. The third kappa shape index (κ3) is 6.32. The summed E-state index contributed by atoms with van der Waals surface area (Å²) in [5.41, 5.74) is 1.07. The third-order valence-corrected chi connectivity index (χ3v) is 13.2. The van der Waals surface area contributed by atoms with Crippen LogP contribution in [-0.2, 0) is 29.0 Å². The molecule has 0 bridgehead atoms. The Kier molecular flexibility index (Phi) is 8.63. The van der Waals surface area contributed by atoms with Gasteiger partial charge in [-0.3, -0.25) is 4.57 Å². The Balaban J connectivity index is 3.15. The van der Waals surface area contributed by atoms with Crippen LogP contribution in [0.4, 0.5) is 0 Å². The predicted molar refractivity (Wildman–Crippen MR) is 114 cm³/mol. The molecule has 27 heavy (non-hydrogen) atoms. The van der Waals surface area contributed by atoms with Crippen LogP contribution in [0.2, 0.25) is 18.1 Å². The van der Waals surface area contributed by atoms with Gasteiger partial charge in [0.15, 0.2) is 8.32 Å². The summed E-state index contributed by atoms with van der Waals surface area (Å²) in [6.07, 6.45) is -0.522. The largest absolute Gasteiger partial charge is 0.412 e. The SMILES string of the molecule is COP(=O)(OC)[C@@H](N[S@@](=O)c1ccc(C)cc1)[C@H](C)O[Si](C)(C)C(C)(C)C. The van der Waals surface area contributed by atoms with Gasteiger partial charge in [-0.05, 0) is 44.1 Å². The first-order chi connectivity index (χ1) is 12.3. The molecule has 0 aliphatic heterocycles. The molecule has 156 valence electrons. The molecule has 0 saturated heterocycles. The van der Waals surface area contributed by atoms with Crippen LogP contribution in [0.1, 0.15) is 33.3 Å². The molecule has 0 radical (unpaired) electrons. The van der Waals surface area contributed by atoms with E-state index < -0.39 is 38.8 Å². The van der Waals surface area contributed by atoms with Crippen LogP contribution < -0.4 is 4.72 Å². The molecule has 0 amide bonds. The molecule has 0 fully saturated rings. The monoisotopic (exact) mass is 435 g/mol. The van der Waals surface area contributed by atoms with Crippen LogP contribution >= 0.6 is 7.60 Å². The van der Waals surface area contributed by atoms with Crippen molar-refractivity contribution < 1.29 is 22.2 Å². The zero-order chi connectivity index (χ0) is 21.0. The Labute approximate surface area is 167 Å². The Hall–Kier alpha value is -0.343. The summed E-state index contributed by atoms with van der Waals surface area (Å²) < 4.78 is 45.7. The van der Waals surface area contributed by atoms with Gasteiger partial charge in [0.2, 0.25) is 0 Å². The van der Waals surface area contributed by atoms with Gasteiger partial charge < -0.3 is 13.5 Å². The fraction of sp³-hybridized carbons (Fsp3) is 0.667. The number of nitrogens with one attached hydrogen (secondary N) is 1. The molecule has 6 nitrogen and oxygen atoms in total. The minimum atomic E-state index is -3.58. The quantitative estimate of drug-likeness (QED) is 0.444. The molecule has 0 aliphatic carbocycles. The molecule has 0 heterocycles. The van der Waals surface area contributed by atoms with Gasteiger partial charge in [0, 0.05) is 14.2 Å². The summed E-state index contributed by atoms with van der Waals surface area (Å²) in [6.45, 7) is 14.4. The predicted octanol–water partition coefficient (Wildman–Crippen LogP) is 4.83. The van der Waals surface area contributed by atoms with Gasteiger partial charge in [-0.2, -0.15) is 0 Å². The first kappa shape index (κ1) is 24.7. The van der Waals surface area contributed by atoms with E-state index in [4.69, 9.17) is 13.5 Å². The van der Waals surface area contributed by atoms with Crippen molar-refractivity contribution in [2.24, 2.45) is 0 Å². The topological polar surface area (TPSA) is 73.9 Å². The van der Waals surface area contributed by atoms with Crippen LogP contribution in [-0.4, -0.2) is 38.6 Å². The van der Waals surface area contributed by atoms with Crippen LogP contribution in [0.15, 0.2) is 29.2 Å². The lowest BCUT2D eigenvalue weighted by molar-refractivity contribution is 0.165.